The van der Waals surface area contributed by atoms with Gasteiger partial charge in [-0.05, 0) is 77.1 Å². The average Bonchev–Trinajstić information content (AvgIpc) is 3.65. The minimum atomic E-state index is -0.515. The van der Waals surface area contributed by atoms with Gasteiger partial charge < -0.3 is 15.4 Å². The molecule has 5 aromatic rings. The zero-order chi connectivity index (χ0) is 28.9. The molecule has 12 nitrogen and oxygen atoms in total. The number of nitrogens with zero attached hydrogens (tertiary/aromatic N) is 7. The maximum atomic E-state index is 13.4. The molecular weight excluding hydrogens is 534 g/mol. The van der Waals surface area contributed by atoms with Crippen molar-refractivity contribution < 1.29 is 14.2 Å². The van der Waals surface area contributed by atoms with Gasteiger partial charge in [-0.2, -0.15) is 9.78 Å². The molecule has 0 atom stereocenters. The number of carbonyl (C=O) groups is 1. The molecule has 0 unspecified atom stereocenters. The highest BCUT2D eigenvalue weighted by Gasteiger charge is 2.27. The molecule has 1 amide bonds. The van der Waals surface area contributed by atoms with Crippen LogP contribution in [0, 0.1) is 0 Å². The van der Waals surface area contributed by atoms with Gasteiger partial charge in [0.25, 0.3) is 5.91 Å². The number of anilines is 2. The molecule has 0 saturated heterocycles. The third-order valence-electron chi connectivity index (χ3n) is 7.07. The molecule has 1 aliphatic heterocycles. The summed E-state index contributed by atoms with van der Waals surface area (Å²) in [5.41, 5.74) is 14.0. The van der Waals surface area contributed by atoms with Crippen LogP contribution in [0.15, 0.2) is 88.6 Å². The van der Waals surface area contributed by atoms with Gasteiger partial charge in [0.1, 0.15) is 12.4 Å². The molecule has 212 valence electrons. The Morgan fingerprint density at radius 2 is 1.83 bits per heavy atom. The number of hydrogen-bond acceptors (Lipinski definition) is 10. The molecule has 3 aromatic carbocycles. The molecule has 0 spiro atoms. The van der Waals surface area contributed by atoms with Crippen molar-refractivity contribution in [1.82, 2.24) is 30.7 Å². The van der Waals surface area contributed by atoms with Crippen LogP contribution in [-0.4, -0.2) is 43.5 Å². The van der Waals surface area contributed by atoms with Gasteiger partial charge in [-0.3, -0.25) is 4.79 Å². The predicted octanol–water partition coefficient (Wildman–Crippen LogP) is 3.92. The second-order valence-corrected chi connectivity index (χ2v) is 9.86. The third kappa shape index (κ3) is 5.68. The van der Waals surface area contributed by atoms with Gasteiger partial charge in [0.15, 0.2) is 5.69 Å². The van der Waals surface area contributed by atoms with E-state index in [1.807, 2.05) is 73.7 Å². The zero-order valence-corrected chi connectivity index (χ0v) is 23.0. The normalized spacial score (nSPS) is 13.1. The standard InChI is InChI=1S/C30H29N9O3/c1-20(22-13-15-24(16-14-22)41-19-21-8-3-2-4-9-21)32-34-30(40)27-26(39(37-33-27)29-28(31)35-42-36-29)18-38-17-7-11-23-10-5-6-12-25(23)38/h2-6,8-10,12-16H,7,11,17-19H2,1H3,(H2,31,35)(H,34,40). The van der Waals surface area contributed by atoms with Crippen LogP contribution in [0.1, 0.15) is 46.2 Å². The second-order valence-electron chi connectivity index (χ2n) is 9.86. The lowest BCUT2D eigenvalue weighted by Crippen LogP contribution is -2.31. The fraction of sp³-hybridized carbons (Fsp3) is 0.200. The van der Waals surface area contributed by atoms with E-state index in [0.29, 0.717) is 24.6 Å². The first-order chi connectivity index (χ1) is 20.6. The molecule has 3 N–H and O–H groups in total. The van der Waals surface area contributed by atoms with Crippen molar-refractivity contribution in [3.8, 4) is 11.6 Å². The summed E-state index contributed by atoms with van der Waals surface area (Å²) in [4.78, 5) is 15.6. The maximum Gasteiger partial charge on any atom is 0.293 e. The quantitative estimate of drug-likeness (QED) is 0.201. The van der Waals surface area contributed by atoms with E-state index >= 15 is 0 Å². The smallest absolute Gasteiger partial charge is 0.293 e. The molecule has 12 heteroatoms. The number of carbonyl (C=O) groups excluding carboxylic acids is 1. The van der Waals surface area contributed by atoms with Crippen LogP contribution >= 0.6 is 0 Å². The Hall–Kier alpha value is -5.52. The van der Waals surface area contributed by atoms with Crippen molar-refractivity contribution in [2.45, 2.75) is 32.9 Å². The number of hydrazone groups is 1. The summed E-state index contributed by atoms with van der Waals surface area (Å²) in [6, 6.07) is 25.7. The van der Waals surface area contributed by atoms with E-state index in [-0.39, 0.29) is 17.3 Å². The summed E-state index contributed by atoms with van der Waals surface area (Å²) in [5.74, 6) is 0.425. The number of nitrogens with one attached hydrogen (secondary N) is 1. The van der Waals surface area contributed by atoms with Crippen LogP contribution in [-0.2, 0) is 19.6 Å². The number of rotatable bonds is 9. The largest absolute Gasteiger partial charge is 0.489 e. The molecule has 0 radical (unpaired) electrons. The van der Waals surface area contributed by atoms with Crippen LogP contribution in [0.4, 0.5) is 11.5 Å². The lowest BCUT2D eigenvalue weighted by Gasteiger charge is -2.31. The third-order valence-corrected chi connectivity index (χ3v) is 7.07. The van der Waals surface area contributed by atoms with Gasteiger partial charge in [-0.25, -0.2) is 10.1 Å². The van der Waals surface area contributed by atoms with Gasteiger partial charge in [-0.15, -0.1) is 5.10 Å². The number of benzene rings is 3. The van der Waals surface area contributed by atoms with Crippen LogP contribution in [0.25, 0.3) is 5.82 Å². The van der Waals surface area contributed by atoms with Crippen molar-refractivity contribution in [3.05, 3.63) is 107 Å². The number of nitrogens with two attached hydrogens (primary N) is 1. The molecule has 42 heavy (non-hydrogen) atoms. The monoisotopic (exact) mass is 563 g/mol. The Morgan fingerprint density at radius 1 is 1.05 bits per heavy atom. The first kappa shape index (κ1) is 26.7. The highest BCUT2D eigenvalue weighted by molar-refractivity contribution is 6.00. The topological polar surface area (TPSA) is 150 Å². The Bertz CT molecular complexity index is 1710. The Morgan fingerprint density at radius 3 is 2.62 bits per heavy atom. The molecule has 3 heterocycles. The van der Waals surface area contributed by atoms with E-state index in [1.54, 1.807) is 0 Å². The number of ether oxygens (including phenoxy) is 1. The van der Waals surface area contributed by atoms with E-state index in [0.717, 1.165) is 42.0 Å². The van der Waals surface area contributed by atoms with E-state index in [4.69, 9.17) is 15.1 Å². The highest BCUT2D eigenvalue weighted by atomic mass is 16.6. The van der Waals surface area contributed by atoms with Crippen molar-refractivity contribution >= 4 is 23.1 Å². The molecule has 2 aromatic heterocycles. The maximum absolute atomic E-state index is 13.4. The first-order valence-electron chi connectivity index (χ1n) is 13.5. The van der Waals surface area contributed by atoms with Crippen LogP contribution < -0.4 is 20.8 Å². The van der Waals surface area contributed by atoms with Gasteiger partial charge in [0.05, 0.1) is 18.0 Å². The van der Waals surface area contributed by atoms with Gasteiger partial charge in [0, 0.05) is 12.2 Å². The van der Waals surface area contributed by atoms with Crippen molar-refractivity contribution in [3.63, 3.8) is 0 Å². The van der Waals surface area contributed by atoms with E-state index < -0.39 is 5.91 Å². The number of fused-ring (bicyclic) bond motifs is 1. The van der Waals surface area contributed by atoms with Crippen LogP contribution in [0.5, 0.6) is 5.75 Å². The molecule has 1 aliphatic rings. The van der Waals surface area contributed by atoms with Crippen LogP contribution in [0.2, 0.25) is 0 Å². The molecule has 0 aliphatic carbocycles. The highest BCUT2D eigenvalue weighted by Crippen LogP contribution is 2.29. The minimum absolute atomic E-state index is 0.0391. The average molecular weight is 564 g/mol. The summed E-state index contributed by atoms with van der Waals surface area (Å²) < 4.78 is 12.0. The Balaban J connectivity index is 1.20. The Kier molecular flexibility index (Phi) is 7.58. The van der Waals surface area contributed by atoms with E-state index in [2.05, 4.69) is 48.2 Å². The minimum Gasteiger partial charge on any atom is -0.489 e. The number of para-hydroxylation sites is 1. The van der Waals surface area contributed by atoms with Gasteiger partial charge >= 0.3 is 0 Å². The van der Waals surface area contributed by atoms with Gasteiger partial charge in [-0.1, -0.05) is 53.7 Å². The van der Waals surface area contributed by atoms with E-state index in [9.17, 15) is 4.79 Å². The molecule has 0 fully saturated rings. The number of amides is 1. The zero-order valence-electron chi connectivity index (χ0n) is 23.0. The van der Waals surface area contributed by atoms with Crippen LogP contribution in [0.3, 0.4) is 0 Å². The Labute approximate surface area is 241 Å². The lowest BCUT2D eigenvalue weighted by molar-refractivity contribution is 0.0948. The van der Waals surface area contributed by atoms with Crippen molar-refractivity contribution in [1.29, 1.82) is 0 Å². The lowest BCUT2D eigenvalue weighted by atomic mass is 10.0. The predicted molar refractivity (Wildman–Crippen MR) is 156 cm³/mol. The van der Waals surface area contributed by atoms with Crippen molar-refractivity contribution in [2.24, 2.45) is 5.10 Å². The number of nitrogen functional groups attached to an aromatic ring is 1. The number of aryl methyl sites for hydroxylation is 1. The summed E-state index contributed by atoms with van der Waals surface area (Å²) in [6.07, 6.45) is 1.97. The summed E-state index contributed by atoms with van der Waals surface area (Å²) in [7, 11) is 0. The van der Waals surface area contributed by atoms with Gasteiger partial charge in [0.2, 0.25) is 11.6 Å². The fourth-order valence-corrected chi connectivity index (χ4v) is 4.87. The number of aromatic nitrogens is 5. The van der Waals surface area contributed by atoms with E-state index in [1.165, 1.54) is 10.2 Å². The molecule has 6 rings (SSSR count). The fourth-order valence-electron chi connectivity index (χ4n) is 4.87. The summed E-state index contributed by atoms with van der Waals surface area (Å²) >= 11 is 0. The summed E-state index contributed by atoms with van der Waals surface area (Å²) in [5, 5.41) is 20.2. The second kappa shape index (κ2) is 11.9. The SMILES string of the molecule is CC(=NNC(=O)c1nnn(-c2nonc2N)c1CN1CCCc2ccccc21)c1ccc(OCc2ccccc2)cc1. The number of hydrogen-bond donors (Lipinski definition) is 2. The molecule has 0 bridgehead atoms. The molecule has 0 saturated carbocycles. The molecular formula is C30H29N9O3. The first-order valence-corrected chi connectivity index (χ1v) is 13.5. The summed E-state index contributed by atoms with van der Waals surface area (Å²) in [6.45, 7) is 3.43. The van der Waals surface area contributed by atoms with Crippen molar-refractivity contribution in [2.75, 3.05) is 17.2 Å².